The molecule has 0 aliphatic heterocycles. The van der Waals surface area contributed by atoms with E-state index in [1.165, 1.54) is 29.5 Å². The highest BCUT2D eigenvalue weighted by Gasteiger charge is 2.23. The molecule has 0 fully saturated rings. The Kier molecular flexibility index (Phi) is 3.72. The summed E-state index contributed by atoms with van der Waals surface area (Å²) in [6, 6.07) is 18.2. The van der Waals surface area contributed by atoms with Crippen molar-refractivity contribution in [3.63, 3.8) is 0 Å². The maximum Gasteiger partial charge on any atom is 0.0331 e. The molecule has 1 unspecified atom stereocenters. The zero-order valence-corrected chi connectivity index (χ0v) is 12.7. The maximum absolute atomic E-state index is 3.76. The van der Waals surface area contributed by atoms with E-state index in [9.17, 15) is 0 Å². The number of fused-ring (bicyclic) bond motifs is 1. The van der Waals surface area contributed by atoms with Crippen LogP contribution in [0.25, 0.3) is 0 Å². The number of rotatable bonds is 3. The molecule has 2 atom stereocenters. The molecular formula is C17H18BrN. The summed E-state index contributed by atoms with van der Waals surface area (Å²) >= 11 is 3.54. The summed E-state index contributed by atoms with van der Waals surface area (Å²) in [5.74, 6) is 0. The van der Waals surface area contributed by atoms with Crippen molar-refractivity contribution in [3.8, 4) is 0 Å². The van der Waals surface area contributed by atoms with Crippen molar-refractivity contribution >= 4 is 15.9 Å². The summed E-state index contributed by atoms with van der Waals surface area (Å²) in [6.45, 7) is 2.24. The minimum Gasteiger partial charge on any atom is -0.303 e. The van der Waals surface area contributed by atoms with Crippen LogP contribution < -0.4 is 5.32 Å². The zero-order chi connectivity index (χ0) is 13.2. The molecule has 0 radical (unpaired) electrons. The summed E-state index contributed by atoms with van der Waals surface area (Å²) in [5, 5.41) is 3.76. The highest BCUT2D eigenvalue weighted by Crippen LogP contribution is 2.33. The normalized spacial score (nSPS) is 19.2. The van der Waals surface area contributed by atoms with Crippen molar-refractivity contribution in [3.05, 3.63) is 69.7 Å². The lowest BCUT2D eigenvalue weighted by molar-refractivity contribution is 0.465. The lowest BCUT2D eigenvalue weighted by Crippen LogP contribution is -2.22. The first kappa shape index (κ1) is 12.9. The van der Waals surface area contributed by atoms with Gasteiger partial charge in [0.15, 0.2) is 0 Å². The lowest BCUT2D eigenvalue weighted by Gasteiger charge is -2.21. The van der Waals surface area contributed by atoms with Crippen LogP contribution in [0.5, 0.6) is 0 Å². The fourth-order valence-electron chi connectivity index (χ4n) is 2.90. The van der Waals surface area contributed by atoms with Gasteiger partial charge in [0.05, 0.1) is 0 Å². The number of aryl methyl sites for hydroxylation is 1. The fraction of sp³-hybridized carbons (Fsp3) is 0.294. The monoisotopic (exact) mass is 315 g/mol. The average Bonchev–Trinajstić information content (AvgIpc) is 2.82. The van der Waals surface area contributed by atoms with Gasteiger partial charge in [-0.05, 0) is 48.6 Å². The smallest absolute Gasteiger partial charge is 0.0331 e. The van der Waals surface area contributed by atoms with Crippen molar-refractivity contribution < 1.29 is 0 Å². The molecule has 0 spiro atoms. The van der Waals surface area contributed by atoms with Gasteiger partial charge in [0.25, 0.3) is 0 Å². The fourth-order valence-corrected chi connectivity index (χ4v) is 3.32. The van der Waals surface area contributed by atoms with Crippen LogP contribution in [0.2, 0.25) is 0 Å². The lowest BCUT2D eigenvalue weighted by atomic mass is 10.0. The molecule has 0 aromatic heterocycles. The van der Waals surface area contributed by atoms with Crippen LogP contribution in [0, 0.1) is 0 Å². The second-order valence-electron chi connectivity index (χ2n) is 5.23. The van der Waals surface area contributed by atoms with E-state index in [0.29, 0.717) is 12.1 Å². The molecule has 1 nitrogen and oxygen atoms in total. The molecule has 0 heterocycles. The van der Waals surface area contributed by atoms with Crippen LogP contribution in [0.4, 0.5) is 0 Å². The average molecular weight is 316 g/mol. The minimum atomic E-state index is 0.369. The van der Waals surface area contributed by atoms with Crippen molar-refractivity contribution in [2.75, 3.05) is 0 Å². The third-order valence-corrected chi connectivity index (χ3v) is 4.43. The van der Waals surface area contributed by atoms with E-state index in [-0.39, 0.29) is 0 Å². The molecule has 0 saturated heterocycles. The third kappa shape index (κ3) is 2.75. The molecule has 1 aliphatic rings. The molecule has 1 N–H and O–H groups in total. The molecular weight excluding hydrogens is 298 g/mol. The minimum absolute atomic E-state index is 0.369. The standard InChI is InChI=1S/C17H18BrN/c1-12(14-6-4-7-15(18)11-14)19-17-10-9-13-5-2-3-8-16(13)17/h2-8,11-12,17,19H,9-10H2,1H3/t12-,17?/m0/s1. The van der Waals surface area contributed by atoms with Gasteiger partial charge in [-0.25, -0.2) is 0 Å². The summed E-state index contributed by atoms with van der Waals surface area (Å²) < 4.78 is 1.14. The van der Waals surface area contributed by atoms with Gasteiger partial charge in [0, 0.05) is 16.6 Å². The van der Waals surface area contributed by atoms with E-state index in [0.717, 1.165) is 4.47 Å². The number of hydrogen-bond donors (Lipinski definition) is 1. The van der Waals surface area contributed by atoms with E-state index in [2.05, 4.69) is 76.7 Å². The van der Waals surface area contributed by atoms with Crippen LogP contribution in [-0.2, 0) is 6.42 Å². The van der Waals surface area contributed by atoms with E-state index >= 15 is 0 Å². The highest BCUT2D eigenvalue weighted by molar-refractivity contribution is 9.10. The SMILES string of the molecule is C[C@H](NC1CCc2ccccc21)c1cccc(Br)c1. The van der Waals surface area contributed by atoms with E-state index in [1.54, 1.807) is 0 Å². The summed E-state index contributed by atoms with van der Waals surface area (Å²) in [7, 11) is 0. The van der Waals surface area contributed by atoms with Gasteiger partial charge < -0.3 is 5.32 Å². The number of nitrogens with one attached hydrogen (secondary N) is 1. The third-order valence-electron chi connectivity index (χ3n) is 3.93. The Balaban J connectivity index is 1.76. The maximum atomic E-state index is 3.76. The first-order valence-corrected chi connectivity index (χ1v) is 7.62. The molecule has 2 aromatic carbocycles. The largest absolute Gasteiger partial charge is 0.303 e. The topological polar surface area (TPSA) is 12.0 Å². The highest BCUT2D eigenvalue weighted by atomic mass is 79.9. The molecule has 2 aromatic rings. The molecule has 0 amide bonds. The molecule has 0 saturated carbocycles. The Morgan fingerprint density at radius 3 is 2.84 bits per heavy atom. The molecule has 0 bridgehead atoms. The molecule has 3 rings (SSSR count). The summed E-state index contributed by atoms with van der Waals surface area (Å²) in [6.07, 6.45) is 2.40. The zero-order valence-electron chi connectivity index (χ0n) is 11.1. The number of hydrogen-bond acceptors (Lipinski definition) is 1. The molecule has 1 aliphatic carbocycles. The van der Waals surface area contributed by atoms with Crippen molar-refractivity contribution in [2.24, 2.45) is 0 Å². The van der Waals surface area contributed by atoms with E-state index in [4.69, 9.17) is 0 Å². The van der Waals surface area contributed by atoms with Crippen LogP contribution >= 0.6 is 15.9 Å². The second-order valence-corrected chi connectivity index (χ2v) is 6.15. The Bertz CT molecular complexity index is 579. The van der Waals surface area contributed by atoms with Crippen molar-refractivity contribution in [1.82, 2.24) is 5.32 Å². The van der Waals surface area contributed by atoms with Crippen LogP contribution in [-0.4, -0.2) is 0 Å². The van der Waals surface area contributed by atoms with Gasteiger partial charge in [0.2, 0.25) is 0 Å². The first-order valence-electron chi connectivity index (χ1n) is 6.83. The van der Waals surface area contributed by atoms with Gasteiger partial charge in [0.1, 0.15) is 0 Å². The summed E-state index contributed by atoms with van der Waals surface area (Å²) in [5.41, 5.74) is 4.31. The van der Waals surface area contributed by atoms with Crippen LogP contribution in [0.15, 0.2) is 53.0 Å². The number of benzene rings is 2. The molecule has 2 heteroatoms. The molecule has 19 heavy (non-hydrogen) atoms. The quantitative estimate of drug-likeness (QED) is 0.859. The predicted molar refractivity (Wildman–Crippen MR) is 83.2 cm³/mol. The van der Waals surface area contributed by atoms with Crippen LogP contribution in [0.3, 0.4) is 0 Å². The van der Waals surface area contributed by atoms with Crippen molar-refractivity contribution in [2.45, 2.75) is 31.8 Å². The van der Waals surface area contributed by atoms with Gasteiger partial charge in [-0.15, -0.1) is 0 Å². The first-order chi connectivity index (χ1) is 9.24. The van der Waals surface area contributed by atoms with Crippen molar-refractivity contribution in [1.29, 1.82) is 0 Å². The van der Waals surface area contributed by atoms with Crippen LogP contribution in [0.1, 0.15) is 42.1 Å². The Morgan fingerprint density at radius 2 is 2.00 bits per heavy atom. The van der Waals surface area contributed by atoms with Gasteiger partial charge in [-0.2, -0.15) is 0 Å². The Hall–Kier alpha value is -1.12. The van der Waals surface area contributed by atoms with Gasteiger partial charge in [-0.3, -0.25) is 0 Å². The Morgan fingerprint density at radius 1 is 1.16 bits per heavy atom. The van der Waals surface area contributed by atoms with E-state index < -0.39 is 0 Å². The van der Waals surface area contributed by atoms with Gasteiger partial charge >= 0.3 is 0 Å². The number of halogens is 1. The second kappa shape index (κ2) is 5.48. The molecule has 98 valence electrons. The van der Waals surface area contributed by atoms with E-state index in [1.807, 2.05) is 0 Å². The predicted octanol–water partition coefficient (Wildman–Crippen LogP) is 4.79. The van der Waals surface area contributed by atoms with Gasteiger partial charge in [-0.1, -0.05) is 52.3 Å². The Labute approximate surface area is 123 Å². The summed E-state index contributed by atoms with van der Waals surface area (Å²) in [4.78, 5) is 0.